The van der Waals surface area contributed by atoms with Crippen LogP contribution in [0.15, 0.2) is 0 Å². The summed E-state index contributed by atoms with van der Waals surface area (Å²) < 4.78 is 0. The molecular weight excluding hydrogens is 186 g/mol. The fraction of sp³-hybridized carbons (Fsp3) is 1.00. The molecule has 2 heteroatoms. The van der Waals surface area contributed by atoms with Gasteiger partial charge in [-0.25, -0.2) is 0 Å². The Morgan fingerprint density at radius 2 is 2.00 bits per heavy atom. The van der Waals surface area contributed by atoms with E-state index in [0.29, 0.717) is 18.1 Å². The minimum atomic E-state index is 0.343. The summed E-state index contributed by atoms with van der Waals surface area (Å²) in [5.41, 5.74) is 0.449. The Morgan fingerprint density at radius 3 is 2.60 bits per heavy atom. The highest BCUT2D eigenvalue weighted by atomic mass is 16.3. The topological polar surface area (TPSA) is 23.5 Å². The summed E-state index contributed by atoms with van der Waals surface area (Å²) in [6.07, 6.45) is 6.33. The zero-order valence-corrected chi connectivity index (χ0v) is 10.6. The molecule has 0 spiro atoms. The van der Waals surface area contributed by atoms with E-state index in [-0.39, 0.29) is 0 Å². The SMILES string of the molecule is CC(C)(C)CCCN1CCCCC1CO. The average Bonchev–Trinajstić information content (AvgIpc) is 2.16. The Hall–Kier alpha value is -0.0800. The predicted molar refractivity (Wildman–Crippen MR) is 65.0 cm³/mol. The van der Waals surface area contributed by atoms with E-state index in [9.17, 15) is 5.11 Å². The van der Waals surface area contributed by atoms with Gasteiger partial charge in [0.1, 0.15) is 0 Å². The predicted octanol–water partition coefficient (Wildman–Crippen LogP) is 2.66. The van der Waals surface area contributed by atoms with Crippen molar-refractivity contribution >= 4 is 0 Å². The zero-order chi connectivity index (χ0) is 11.3. The van der Waals surface area contributed by atoms with Gasteiger partial charge in [-0.1, -0.05) is 27.2 Å². The van der Waals surface area contributed by atoms with Crippen LogP contribution >= 0.6 is 0 Å². The first kappa shape index (κ1) is 13.0. The zero-order valence-electron chi connectivity index (χ0n) is 10.6. The molecule has 1 aliphatic rings. The lowest BCUT2D eigenvalue weighted by atomic mass is 9.90. The van der Waals surface area contributed by atoms with E-state index >= 15 is 0 Å². The standard InChI is InChI=1S/C13H27NO/c1-13(2,3)8-6-10-14-9-5-4-7-12(14)11-15/h12,15H,4-11H2,1-3H3. The molecule has 0 aromatic heterocycles. The fourth-order valence-corrected chi connectivity index (χ4v) is 2.37. The van der Waals surface area contributed by atoms with E-state index in [4.69, 9.17) is 0 Å². The lowest BCUT2D eigenvalue weighted by Crippen LogP contribution is -2.42. The molecule has 1 rings (SSSR count). The number of hydrogen-bond acceptors (Lipinski definition) is 2. The van der Waals surface area contributed by atoms with Crippen LogP contribution in [0.1, 0.15) is 52.9 Å². The van der Waals surface area contributed by atoms with Crippen LogP contribution in [0.2, 0.25) is 0 Å². The van der Waals surface area contributed by atoms with Crippen LogP contribution in [0.3, 0.4) is 0 Å². The number of aliphatic hydroxyl groups is 1. The highest BCUT2D eigenvalue weighted by Crippen LogP contribution is 2.22. The van der Waals surface area contributed by atoms with Gasteiger partial charge in [0, 0.05) is 6.04 Å². The number of likely N-dealkylation sites (tertiary alicyclic amines) is 1. The Bertz CT molecular complexity index is 174. The molecule has 2 nitrogen and oxygen atoms in total. The lowest BCUT2D eigenvalue weighted by molar-refractivity contribution is 0.0862. The van der Waals surface area contributed by atoms with Crippen molar-refractivity contribution in [3.05, 3.63) is 0 Å². The first-order chi connectivity index (χ1) is 7.03. The first-order valence-corrected chi connectivity index (χ1v) is 6.38. The van der Waals surface area contributed by atoms with Crippen LogP contribution in [0, 0.1) is 5.41 Å². The van der Waals surface area contributed by atoms with Crippen molar-refractivity contribution in [2.75, 3.05) is 19.7 Å². The molecule has 1 N–H and O–H groups in total. The Morgan fingerprint density at radius 1 is 1.27 bits per heavy atom. The summed E-state index contributed by atoms with van der Waals surface area (Å²) in [5.74, 6) is 0. The van der Waals surface area contributed by atoms with Gasteiger partial charge >= 0.3 is 0 Å². The van der Waals surface area contributed by atoms with E-state index in [2.05, 4.69) is 25.7 Å². The van der Waals surface area contributed by atoms with E-state index in [1.807, 2.05) is 0 Å². The molecule has 0 amide bonds. The van der Waals surface area contributed by atoms with Gasteiger partial charge in [0.15, 0.2) is 0 Å². The Kier molecular flexibility index (Phi) is 5.07. The molecule has 15 heavy (non-hydrogen) atoms. The number of nitrogens with zero attached hydrogens (tertiary/aromatic N) is 1. The molecule has 0 aromatic carbocycles. The first-order valence-electron chi connectivity index (χ1n) is 6.38. The van der Waals surface area contributed by atoms with Gasteiger partial charge in [0.05, 0.1) is 6.61 Å². The molecule has 1 atom stereocenters. The highest BCUT2D eigenvalue weighted by Gasteiger charge is 2.21. The largest absolute Gasteiger partial charge is 0.395 e. The monoisotopic (exact) mass is 213 g/mol. The van der Waals surface area contributed by atoms with Crippen LogP contribution in [-0.4, -0.2) is 35.7 Å². The molecule has 1 unspecified atom stereocenters. The average molecular weight is 213 g/mol. The summed E-state index contributed by atoms with van der Waals surface area (Å²) in [7, 11) is 0. The van der Waals surface area contributed by atoms with Crippen LogP contribution < -0.4 is 0 Å². The minimum absolute atomic E-state index is 0.343. The number of hydrogen-bond donors (Lipinski definition) is 1. The Balaban J connectivity index is 2.23. The smallest absolute Gasteiger partial charge is 0.0586 e. The van der Waals surface area contributed by atoms with Gasteiger partial charge in [-0.3, -0.25) is 4.90 Å². The van der Waals surface area contributed by atoms with Gasteiger partial charge in [0.25, 0.3) is 0 Å². The van der Waals surface area contributed by atoms with Crippen molar-refractivity contribution < 1.29 is 5.11 Å². The molecule has 0 aliphatic carbocycles. The van der Waals surface area contributed by atoms with Crippen LogP contribution in [0.4, 0.5) is 0 Å². The molecule has 1 saturated heterocycles. The van der Waals surface area contributed by atoms with Gasteiger partial charge in [-0.05, 0) is 44.2 Å². The van der Waals surface area contributed by atoms with Crippen molar-refractivity contribution in [1.82, 2.24) is 4.90 Å². The third kappa shape index (κ3) is 4.98. The third-order valence-corrected chi connectivity index (χ3v) is 3.33. The van der Waals surface area contributed by atoms with Crippen molar-refractivity contribution in [3.8, 4) is 0 Å². The maximum atomic E-state index is 9.28. The summed E-state index contributed by atoms with van der Waals surface area (Å²) in [4.78, 5) is 2.48. The van der Waals surface area contributed by atoms with Crippen LogP contribution in [0.5, 0.6) is 0 Å². The van der Waals surface area contributed by atoms with Gasteiger partial charge in [-0.2, -0.15) is 0 Å². The summed E-state index contributed by atoms with van der Waals surface area (Å²) in [6.45, 7) is 9.60. The second-order valence-electron chi connectivity index (χ2n) is 6.03. The van der Waals surface area contributed by atoms with Crippen LogP contribution in [-0.2, 0) is 0 Å². The Labute approximate surface area is 94.7 Å². The number of rotatable bonds is 4. The lowest BCUT2D eigenvalue weighted by Gasteiger charge is -2.35. The molecule has 1 heterocycles. The highest BCUT2D eigenvalue weighted by molar-refractivity contribution is 4.76. The fourth-order valence-electron chi connectivity index (χ4n) is 2.37. The summed E-state index contributed by atoms with van der Waals surface area (Å²) >= 11 is 0. The molecule has 0 aromatic rings. The maximum Gasteiger partial charge on any atom is 0.0586 e. The van der Waals surface area contributed by atoms with Gasteiger partial charge < -0.3 is 5.11 Å². The minimum Gasteiger partial charge on any atom is -0.395 e. The van der Waals surface area contributed by atoms with Crippen molar-refractivity contribution in [3.63, 3.8) is 0 Å². The molecule has 0 saturated carbocycles. The molecule has 90 valence electrons. The normalized spacial score (nSPS) is 24.4. The molecule has 0 radical (unpaired) electrons. The summed E-state index contributed by atoms with van der Waals surface area (Å²) in [6, 6.07) is 0.443. The second-order valence-corrected chi connectivity index (χ2v) is 6.03. The van der Waals surface area contributed by atoms with Crippen LogP contribution in [0.25, 0.3) is 0 Å². The second kappa shape index (κ2) is 5.86. The van der Waals surface area contributed by atoms with Crippen molar-refractivity contribution in [2.24, 2.45) is 5.41 Å². The van der Waals surface area contributed by atoms with E-state index in [1.54, 1.807) is 0 Å². The number of piperidine rings is 1. The summed E-state index contributed by atoms with van der Waals surface area (Å²) in [5, 5.41) is 9.28. The maximum absolute atomic E-state index is 9.28. The third-order valence-electron chi connectivity index (χ3n) is 3.33. The molecule has 1 fully saturated rings. The van der Waals surface area contributed by atoms with Gasteiger partial charge in [-0.15, -0.1) is 0 Å². The molecule has 1 aliphatic heterocycles. The van der Waals surface area contributed by atoms with Crippen molar-refractivity contribution in [2.45, 2.75) is 58.9 Å². The van der Waals surface area contributed by atoms with E-state index in [0.717, 1.165) is 0 Å². The quantitative estimate of drug-likeness (QED) is 0.776. The van der Waals surface area contributed by atoms with E-state index in [1.165, 1.54) is 45.2 Å². The van der Waals surface area contributed by atoms with E-state index < -0.39 is 0 Å². The number of aliphatic hydroxyl groups excluding tert-OH is 1. The molecular formula is C13H27NO. The molecule has 0 bridgehead atoms. The van der Waals surface area contributed by atoms with Gasteiger partial charge in [0.2, 0.25) is 0 Å². The van der Waals surface area contributed by atoms with Crippen molar-refractivity contribution in [1.29, 1.82) is 0 Å².